The highest BCUT2D eigenvalue weighted by molar-refractivity contribution is 5.99. The maximum Gasteiger partial charge on any atom is 0.254 e. The number of unbranched alkanes of at least 4 members (excludes halogenated alkanes) is 1. The number of rotatable bonds is 5. The number of carbonyl (C=O) groups excluding carboxylic acids is 2. The van der Waals surface area contributed by atoms with Gasteiger partial charge < -0.3 is 9.80 Å². The van der Waals surface area contributed by atoms with Crippen LogP contribution in [0.4, 0.5) is 0 Å². The number of nitrogens with one attached hydrogen (secondary N) is 1. The number of nitrogens with zero attached hydrogens (tertiary/aromatic N) is 4. The van der Waals surface area contributed by atoms with E-state index in [1.54, 1.807) is 29.1 Å². The smallest absolute Gasteiger partial charge is 0.254 e. The number of fused-ring (bicyclic) bond motifs is 1. The molecule has 1 fully saturated rings. The molecule has 1 N–H and O–H groups in total. The molecule has 0 saturated carbocycles. The van der Waals surface area contributed by atoms with Gasteiger partial charge in [0.05, 0.1) is 11.9 Å². The molecule has 0 spiro atoms. The zero-order valence-corrected chi connectivity index (χ0v) is 16.8. The summed E-state index contributed by atoms with van der Waals surface area (Å²) in [6.45, 7) is 3.21. The maximum atomic E-state index is 13.3. The number of H-pyrrole nitrogens is 1. The first kappa shape index (κ1) is 19.1. The van der Waals surface area contributed by atoms with E-state index in [1.807, 2.05) is 30.3 Å². The monoisotopic (exact) mass is 391 g/mol. The lowest BCUT2D eigenvalue weighted by atomic mass is 10.0. The zero-order valence-electron chi connectivity index (χ0n) is 16.8. The van der Waals surface area contributed by atoms with Crippen molar-refractivity contribution >= 4 is 22.8 Å². The summed E-state index contributed by atoms with van der Waals surface area (Å²) in [4.78, 5) is 34.0. The fourth-order valence-electron chi connectivity index (χ4n) is 3.80. The van der Waals surface area contributed by atoms with Crippen molar-refractivity contribution in [3.05, 3.63) is 48.2 Å². The van der Waals surface area contributed by atoms with Crippen LogP contribution in [0.5, 0.6) is 0 Å². The van der Waals surface area contributed by atoms with Gasteiger partial charge in [-0.05, 0) is 30.7 Å². The molecule has 0 aliphatic carbocycles. The largest absolute Gasteiger partial charge is 0.342 e. The first-order chi connectivity index (χ1) is 14.1. The van der Waals surface area contributed by atoms with Gasteiger partial charge in [-0.2, -0.15) is 5.10 Å². The Morgan fingerprint density at radius 3 is 2.93 bits per heavy atom. The van der Waals surface area contributed by atoms with E-state index < -0.39 is 0 Å². The number of hydrogen-bond donors (Lipinski definition) is 1. The average molecular weight is 391 g/mol. The molecule has 4 rings (SSSR count). The molecule has 1 atom stereocenters. The fourth-order valence-corrected chi connectivity index (χ4v) is 3.80. The number of likely N-dealkylation sites (N-methyl/N-ethyl adjacent to an activating group) is 1. The normalized spacial score (nSPS) is 17.2. The van der Waals surface area contributed by atoms with Gasteiger partial charge in [0.15, 0.2) is 5.65 Å². The van der Waals surface area contributed by atoms with E-state index in [1.165, 1.54) is 0 Å². The summed E-state index contributed by atoms with van der Waals surface area (Å²) in [5, 5.41) is 7.82. The molecule has 7 heteroatoms. The molecular weight excluding hydrogens is 366 g/mol. The lowest BCUT2D eigenvalue weighted by molar-refractivity contribution is -0.138. The molecule has 3 aromatic rings. The van der Waals surface area contributed by atoms with Gasteiger partial charge in [-0.15, -0.1) is 0 Å². The number of pyridine rings is 1. The summed E-state index contributed by atoms with van der Waals surface area (Å²) in [6.07, 6.45) is 4.34. The molecule has 1 unspecified atom stereocenters. The minimum atomic E-state index is -0.385. The highest BCUT2D eigenvalue weighted by Gasteiger charge is 2.35. The van der Waals surface area contributed by atoms with E-state index in [0.29, 0.717) is 30.7 Å². The second-order valence-electron chi connectivity index (χ2n) is 7.50. The Kier molecular flexibility index (Phi) is 5.29. The van der Waals surface area contributed by atoms with Crippen LogP contribution in [0.1, 0.15) is 36.5 Å². The lowest BCUT2D eigenvalue weighted by Crippen LogP contribution is -2.57. The Morgan fingerprint density at radius 2 is 2.10 bits per heavy atom. The van der Waals surface area contributed by atoms with Gasteiger partial charge in [0.2, 0.25) is 5.91 Å². The van der Waals surface area contributed by atoms with Crippen LogP contribution in [0.2, 0.25) is 0 Å². The Labute approximate surface area is 169 Å². The Bertz CT molecular complexity index is 1040. The van der Waals surface area contributed by atoms with E-state index >= 15 is 0 Å². The summed E-state index contributed by atoms with van der Waals surface area (Å²) >= 11 is 0. The third-order valence-electron chi connectivity index (χ3n) is 5.51. The first-order valence-electron chi connectivity index (χ1n) is 10.0. The van der Waals surface area contributed by atoms with Crippen LogP contribution >= 0.6 is 0 Å². The van der Waals surface area contributed by atoms with Crippen LogP contribution in [0.3, 0.4) is 0 Å². The van der Waals surface area contributed by atoms with Crippen molar-refractivity contribution in [3.63, 3.8) is 0 Å². The number of carbonyl (C=O) groups is 2. The molecule has 1 aliphatic heterocycles. The average Bonchev–Trinajstić information content (AvgIpc) is 3.22. The Hall–Kier alpha value is -3.22. The van der Waals surface area contributed by atoms with Crippen molar-refractivity contribution in [1.29, 1.82) is 0 Å². The third-order valence-corrected chi connectivity index (χ3v) is 5.51. The molecular formula is C22H25N5O2. The predicted octanol–water partition coefficient (Wildman–Crippen LogP) is 3.10. The Balaban J connectivity index is 1.62. The van der Waals surface area contributed by atoms with E-state index in [0.717, 1.165) is 29.5 Å². The first-order valence-corrected chi connectivity index (χ1v) is 10.0. The number of benzene rings is 1. The molecule has 150 valence electrons. The van der Waals surface area contributed by atoms with Crippen molar-refractivity contribution < 1.29 is 9.59 Å². The highest BCUT2D eigenvalue weighted by Crippen LogP contribution is 2.24. The molecule has 0 bridgehead atoms. The highest BCUT2D eigenvalue weighted by atomic mass is 16.2. The zero-order chi connectivity index (χ0) is 20.4. The molecule has 0 radical (unpaired) electrons. The minimum Gasteiger partial charge on any atom is -0.342 e. The molecule has 1 saturated heterocycles. The van der Waals surface area contributed by atoms with E-state index in [4.69, 9.17) is 0 Å². The topological polar surface area (TPSA) is 82.2 Å². The van der Waals surface area contributed by atoms with Crippen LogP contribution < -0.4 is 0 Å². The van der Waals surface area contributed by atoms with Crippen molar-refractivity contribution in [3.8, 4) is 11.3 Å². The second kappa shape index (κ2) is 8.03. The van der Waals surface area contributed by atoms with Crippen molar-refractivity contribution in [2.24, 2.45) is 0 Å². The summed E-state index contributed by atoms with van der Waals surface area (Å²) < 4.78 is 0. The van der Waals surface area contributed by atoms with E-state index in [9.17, 15) is 9.59 Å². The van der Waals surface area contributed by atoms with Crippen LogP contribution in [0, 0.1) is 0 Å². The number of hydrogen-bond acceptors (Lipinski definition) is 4. The quantitative estimate of drug-likeness (QED) is 0.725. The number of piperazine rings is 1. The molecule has 2 aromatic heterocycles. The van der Waals surface area contributed by atoms with Crippen molar-refractivity contribution in [2.45, 2.75) is 32.2 Å². The van der Waals surface area contributed by atoms with Gasteiger partial charge in [-0.1, -0.05) is 31.9 Å². The predicted molar refractivity (Wildman–Crippen MR) is 111 cm³/mol. The third kappa shape index (κ3) is 3.72. The molecule has 3 heterocycles. The summed E-state index contributed by atoms with van der Waals surface area (Å²) in [7, 11) is 1.81. The molecule has 1 aromatic carbocycles. The Morgan fingerprint density at radius 1 is 1.24 bits per heavy atom. The number of amides is 2. The molecule has 2 amide bonds. The molecule has 1 aliphatic rings. The van der Waals surface area contributed by atoms with Crippen molar-refractivity contribution in [1.82, 2.24) is 25.0 Å². The van der Waals surface area contributed by atoms with Gasteiger partial charge >= 0.3 is 0 Å². The fraction of sp³-hybridized carbons (Fsp3) is 0.364. The summed E-state index contributed by atoms with van der Waals surface area (Å²) in [5.74, 6) is -0.0717. The lowest BCUT2D eigenvalue weighted by Gasteiger charge is -2.39. The van der Waals surface area contributed by atoms with Crippen molar-refractivity contribution in [2.75, 3.05) is 20.1 Å². The standard InChI is InChI=1S/C22H25N5O2/c1-3-4-8-19-22(29)26(2)11-12-27(19)21(28)16-7-5-6-15(13-16)18-10-9-17-14-23-25-20(17)24-18/h5-7,9-10,13-14,19H,3-4,8,11-12H2,1-2H3,(H,23,24,25). The van der Waals surface area contributed by atoms with Crippen LogP contribution in [-0.4, -0.2) is 63.0 Å². The number of aromatic amines is 1. The van der Waals surface area contributed by atoms with Gasteiger partial charge in [-0.3, -0.25) is 14.7 Å². The number of aromatic nitrogens is 3. The van der Waals surface area contributed by atoms with Gasteiger partial charge in [0.1, 0.15) is 6.04 Å². The molecule has 7 nitrogen and oxygen atoms in total. The summed E-state index contributed by atoms with van der Waals surface area (Å²) in [5.41, 5.74) is 2.92. The second-order valence-corrected chi connectivity index (χ2v) is 7.50. The van der Waals surface area contributed by atoms with E-state index in [-0.39, 0.29) is 17.9 Å². The van der Waals surface area contributed by atoms with Gasteiger partial charge in [0, 0.05) is 36.7 Å². The van der Waals surface area contributed by atoms with E-state index in [2.05, 4.69) is 22.1 Å². The van der Waals surface area contributed by atoms with Crippen LogP contribution in [0.25, 0.3) is 22.3 Å². The SMILES string of the molecule is CCCCC1C(=O)N(C)CCN1C(=O)c1cccc(-c2ccc3cn[nH]c3n2)c1. The van der Waals surface area contributed by atoms with Gasteiger partial charge in [0.25, 0.3) is 5.91 Å². The minimum absolute atomic E-state index is 0.0283. The maximum absolute atomic E-state index is 13.3. The molecule has 29 heavy (non-hydrogen) atoms. The van der Waals surface area contributed by atoms with Gasteiger partial charge in [-0.25, -0.2) is 4.98 Å². The van der Waals surface area contributed by atoms with Crippen LogP contribution in [0.15, 0.2) is 42.6 Å². The van der Waals surface area contributed by atoms with Crippen LogP contribution in [-0.2, 0) is 4.79 Å². The summed E-state index contributed by atoms with van der Waals surface area (Å²) in [6, 6.07) is 10.9.